The van der Waals surface area contributed by atoms with E-state index in [1.165, 1.54) is 6.92 Å². The minimum Gasteiger partial charge on any atom is -0.459 e. The zero-order chi connectivity index (χ0) is 17.9. The maximum absolute atomic E-state index is 12.4. The number of hydrogen-bond donors (Lipinski definition) is 2. The van der Waals surface area contributed by atoms with Crippen molar-refractivity contribution in [1.29, 1.82) is 0 Å². The van der Waals surface area contributed by atoms with Crippen LogP contribution in [0.15, 0.2) is 35.5 Å². The van der Waals surface area contributed by atoms with Gasteiger partial charge in [-0.05, 0) is 38.5 Å². The van der Waals surface area contributed by atoms with E-state index in [0.29, 0.717) is 22.6 Å². The molecular formula is C17H20N2O5. The smallest absolute Gasteiger partial charge is 0.338 e. The Balaban J connectivity index is 2.34. The largest absolute Gasteiger partial charge is 0.459 e. The number of esters is 2. The first kappa shape index (κ1) is 17.5. The molecule has 1 atom stereocenters. The van der Waals surface area contributed by atoms with E-state index in [-0.39, 0.29) is 6.10 Å². The summed E-state index contributed by atoms with van der Waals surface area (Å²) in [5, 5.41) is 5.29. The highest BCUT2D eigenvalue weighted by molar-refractivity contribution is 5.95. The van der Waals surface area contributed by atoms with Gasteiger partial charge in [0.25, 0.3) is 0 Å². The fourth-order valence-corrected chi connectivity index (χ4v) is 2.39. The van der Waals surface area contributed by atoms with Crippen LogP contribution < -0.4 is 15.4 Å². The van der Waals surface area contributed by atoms with Gasteiger partial charge in [0, 0.05) is 12.6 Å². The van der Waals surface area contributed by atoms with Gasteiger partial charge in [-0.3, -0.25) is 4.79 Å². The summed E-state index contributed by atoms with van der Waals surface area (Å²) in [6, 6.07) is 5.53. The van der Waals surface area contributed by atoms with Crippen molar-refractivity contribution in [3.05, 3.63) is 41.1 Å². The van der Waals surface area contributed by atoms with E-state index in [2.05, 4.69) is 10.6 Å². The van der Waals surface area contributed by atoms with E-state index in [9.17, 15) is 14.4 Å². The molecule has 0 bridgehead atoms. The Bertz CT molecular complexity index is 691. The average molecular weight is 332 g/mol. The van der Waals surface area contributed by atoms with Crippen LogP contribution in [0.3, 0.4) is 0 Å². The maximum Gasteiger partial charge on any atom is 0.338 e. The number of carbonyl (C=O) groups is 3. The molecule has 0 unspecified atom stereocenters. The summed E-state index contributed by atoms with van der Waals surface area (Å²) in [5.41, 5.74) is 1.46. The zero-order valence-electron chi connectivity index (χ0n) is 14.0. The summed E-state index contributed by atoms with van der Waals surface area (Å²) in [5.74, 6) is -0.530. The van der Waals surface area contributed by atoms with Crippen LogP contribution in [0.25, 0.3) is 0 Å². The molecule has 2 rings (SSSR count). The number of amides is 2. The number of nitrogens with one attached hydrogen (secondary N) is 2. The van der Waals surface area contributed by atoms with Gasteiger partial charge in [-0.15, -0.1) is 0 Å². The number of urea groups is 1. The third-order valence-corrected chi connectivity index (χ3v) is 3.31. The van der Waals surface area contributed by atoms with Gasteiger partial charge in [-0.25, -0.2) is 9.59 Å². The fourth-order valence-electron chi connectivity index (χ4n) is 2.39. The van der Waals surface area contributed by atoms with Gasteiger partial charge in [0.1, 0.15) is 5.75 Å². The Kier molecular flexibility index (Phi) is 5.23. The highest BCUT2D eigenvalue weighted by Crippen LogP contribution is 2.29. The first-order valence-corrected chi connectivity index (χ1v) is 7.55. The topological polar surface area (TPSA) is 93.7 Å². The van der Waals surface area contributed by atoms with Crippen molar-refractivity contribution in [1.82, 2.24) is 10.6 Å². The number of hydrogen-bond acceptors (Lipinski definition) is 5. The Hall–Kier alpha value is -2.83. The van der Waals surface area contributed by atoms with Gasteiger partial charge in [0.2, 0.25) is 0 Å². The van der Waals surface area contributed by atoms with Crippen molar-refractivity contribution in [2.45, 2.75) is 39.8 Å². The number of ether oxygens (including phenoxy) is 2. The lowest BCUT2D eigenvalue weighted by Gasteiger charge is -2.28. The van der Waals surface area contributed by atoms with Crippen molar-refractivity contribution in [2.75, 3.05) is 0 Å². The molecule has 0 radical (unpaired) electrons. The molecule has 24 heavy (non-hydrogen) atoms. The first-order chi connectivity index (χ1) is 11.3. The van der Waals surface area contributed by atoms with Crippen LogP contribution in [-0.2, 0) is 14.3 Å². The van der Waals surface area contributed by atoms with Gasteiger partial charge in [0.05, 0.1) is 17.7 Å². The molecule has 7 heteroatoms. The molecule has 128 valence electrons. The molecule has 0 aromatic heterocycles. The van der Waals surface area contributed by atoms with Gasteiger partial charge in [-0.1, -0.05) is 12.1 Å². The Morgan fingerprint density at radius 1 is 1.17 bits per heavy atom. The van der Waals surface area contributed by atoms with E-state index >= 15 is 0 Å². The summed E-state index contributed by atoms with van der Waals surface area (Å²) in [7, 11) is 0. The Morgan fingerprint density at radius 2 is 1.79 bits per heavy atom. The predicted molar refractivity (Wildman–Crippen MR) is 86.1 cm³/mol. The molecule has 1 aromatic carbocycles. The zero-order valence-corrected chi connectivity index (χ0v) is 14.0. The molecule has 1 aliphatic heterocycles. The molecule has 2 amide bonds. The summed E-state index contributed by atoms with van der Waals surface area (Å²) < 4.78 is 10.2. The van der Waals surface area contributed by atoms with Crippen molar-refractivity contribution >= 4 is 18.0 Å². The van der Waals surface area contributed by atoms with Gasteiger partial charge in [0.15, 0.2) is 0 Å². The predicted octanol–water partition coefficient (Wildman–Crippen LogP) is 2.19. The monoisotopic (exact) mass is 332 g/mol. The summed E-state index contributed by atoms with van der Waals surface area (Å²) in [4.78, 5) is 35.1. The van der Waals surface area contributed by atoms with Crippen LogP contribution in [0.4, 0.5) is 4.79 Å². The standard InChI is InChI=1S/C17H20N2O5/c1-9(2)23-16(21)14-10(3)18-17(22)19-15(14)12-5-7-13(8-6-12)24-11(4)20/h5-9,15H,1-4H3,(H2,18,19,22)/t15-/m1/s1. The summed E-state index contributed by atoms with van der Waals surface area (Å²) >= 11 is 0. The van der Waals surface area contributed by atoms with E-state index in [0.717, 1.165) is 0 Å². The minimum atomic E-state index is -0.642. The molecule has 0 saturated heterocycles. The lowest BCUT2D eigenvalue weighted by atomic mass is 9.95. The average Bonchev–Trinajstić information content (AvgIpc) is 2.45. The van der Waals surface area contributed by atoms with E-state index in [4.69, 9.17) is 9.47 Å². The highest BCUT2D eigenvalue weighted by atomic mass is 16.5. The summed E-state index contributed by atoms with van der Waals surface area (Å²) in [6.45, 7) is 6.47. The number of allylic oxidation sites excluding steroid dienone is 1. The second-order valence-corrected chi connectivity index (χ2v) is 5.69. The lowest BCUT2D eigenvalue weighted by Crippen LogP contribution is -2.45. The molecule has 1 heterocycles. The van der Waals surface area contributed by atoms with Crippen LogP contribution in [0, 0.1) is 0 Å². The Labute approximate surface area is 140 Å². The van der Waals surface area contributed by atoms with Crippen LogP contribution in [0.2, 0.25) is 0 Å². The van der Waals surface area contributed by atoms with E-state index in [1.54, 1.807) is 45.0 Å². The molecule has 0 aliphatic carbocycles. The molecule has 0 fully saturated rings. The second kappa shape index (κ2) is 7.16. The van der Waals surface area contributed by atoms with Crippen molar-refractivity contribution in [3.63, 3.8) is 0 Å². The maximum atomic E-state index is 12.4. The minimum absolute atomic E-state index is 0.276. The van der Waals surface area contributed by atoms with Crippen LogP contribution in [0.1, 0.15) is 39.3 Å². The van der Waals surface area contributed by atoms with Gasteiger partial charge in [-0.2, -0.15) is 0 Å². The van der Waals surface area contributed by atoms with Crippen molar-refractivity contribution in [2.24, 2.45) is 0 Å². The summed E-state index contributed by atoms with van der Waals surface area (Å²) in [6.07, 6.45) is -0.276. The van der Waals surface area contributed by atoms with Crippen LogP contribution in [-0.4, -0.2) is 24.1 Å². The molecule has 2 N–H and O–H groups in total. The Morgan fingerprint density at radius 3 is 2.33 bits per heavy atom. The van der Waals surface area contributed by atoms with Crippen LogP contribution >= 0.6 is 0 Å². The van der Waals surface area contributed by atoms with Crippen molar-refractivity contribution < 1.29 is 23.9 Å². The van der Waals surface area contributed by atoms with Crippen molar-refractivity contribution in [3.8, 4) is 5.75 Å². The molecular weight excluding hydrogens is 312 g/mol. The van der Waals surface area contributed by atoms with Gasteiger partial charge >= 0.3 is 18.0 Å². The first-order valence-electron chi connectivity index (χ1n) is 7.55. The highest BCUT2D eigenvalue weighted by Gasteiger charge is 2.32. The normalized spacial score (nSPS) is 17.2. The number of rotatable bonds is 4. The third-order valence-electron chi connectivity index (χ3n) is 3.31. The fraction of sp³-hybridized carbons (Fsp3) is 0.353. The molecule has 1 aromatic rings. The number of carbonyl (C=O) groups excluding carboxylic acids is 3. The second-order valence-electron chi connectivity index (χ2n) is 5.69. The molecule has 0 saturated carbocycles. The SMILES string of the molecule is CC(=O)Oc1ccc([C@H]2NC(=O)NC(C)=C2C(=O)OC(C)C)cc1. The van der Waals surface area contributed by atoms with Gasteiger partial charge < -0.3 is 20.1 Å². The lowest BCUT2D eigenvalue weighted by molar-refractivity contribution is -0.143. The van der Waals surface area contributed by atoms with E-state index in [1.807, 2.05) is 0 Å². The third kappa shape index (κ3) is 4.13. The molecule has 1 aliphatic rings. The number of benzene rings is 1. The molecule has 0 spiro atoms. The van der Waals surface area contributed by atoms with Crippen LogP contribution in [0.5, 0.6) is 5.75 Å². The van der Waals surface area contributed by atoms with E-state index < -0.39 is 24.0 Å². The quantitative estimate of drug-likeness (QED) is 0.651. The molecule has 7 nitrogen and oxygen atoms in total.